The summed E-state index contributed by atoms with van der Waals surface area (Å²) in [6, 6.07) is 18.8. The number of anilines is 4. The zero-order valence-electron chi connectivity index (χ0n) is 34.3. The number of carbonyl (C=O) groups is 3. The number of rotatable bonds is 11. The molecule has 3 fully saturated rings. The second-order valence-corrected chi connectivity index (χ2v) is 16.8. The predicted molar refractivity (Wildman–Crippen MR) is 234 cm³/mol. The Balaban J connectivity index is 0.756. The van der Waals surface area contributed by atoms with E-state index in [-0.39, 0.29) is 23.6 Å². The van der Waals surface area contributed by atoms with Gasteiger partial charge in [0.25, 0.3) is 5.91 Å². The van der Waals surface area contributed by atoms with Crippen molar-refractivity contribution in [2.24, 2.45) is 5.92 Å². The third-order valence-electron chi connectivity index (χ3n) is 12.9. The Hall–Kier alpha value is -5.57. The number of fused-ring (bicyclic) bond motifs is 2. The summed E-state index contributed by atoms with van der Waals surface area (Å²) < 4.78 is 1.61. The van der Waals surface area contributed by atoms with Gasteiger partial charge >= 0.3 is 0 Å². The Bertz CT molecular complexity index is 2400. The number of aromatic nitrogens is 4. The molecule has 15 heteroatoms. The van der Waals surface area contributed by atoms with E-state index < -0.39 is 0 Å². The van der Waals surface area contributed by atoms with Gasteiger partial charge in [-0.3, -0.25) is 29.6 Å². The van der Waals surface area contributed by atoms with Crippen LogP contribution in [0.2, 0.25) is 5.02 Å². The minimum absolute atomic E-state index is 0.210. The molecule has 4 aliphatic rings. The highest BCUT2D eigenvalue weighted by atomic mass is 35.5. The molecule has 7 heterocycles. The van der Waals surface area contributed by atoms with Crippen LogP contribution in [0.4, 0.5) is 22.9 Å². The summed E-state index contributed by atoms with van der Waals surface area (Å²) in [6.45, 7) is 9.04. The van der Waals surface area contributed by atoms with Crippen LogP contribution in [0.25, 0.3) is 16.9 Å². The molecule has 3 amide bonds. The van der Waals surface area contributed by atoms with Crippen molar-refractivity contribution in [1.82, 2.24) is 40.0 Å². The van der Waals surface area contributed by atoms with E-state index in [0.717, 1.165) is 118 Å². The molecular weight excluding hydrogens is 778 g/mol. The number of amides is 3. The largest absolute Gasteiger partial charge is 0.385 e. The molecule has 0 radical (unpaired) electrons. The average Bonchev–Trinajstić information content (AvgIpc) is 3.92. The number of halogens is 1. The van der Waals surface area contributed by atoms with Crippen molar-refractivity contribution in [3.05, 3.63) is 94.4 Å². The maximum Gasteiger partial charge on any atom is 0.271 e. The first-order valence-electron chi connectivity index (χ1n) is 21.2. The molecule has 0 aliphatic carbocycles. The van der Waals surface area contributed by atoms with E-state index in [9.17, 15) is 14.4 Å². The van der Waals surface area contributed by atoms with E-state index in [0.29, 0.717) is 35.1 Å². The molecule has 3 saturated heterocycles. The molecule has 4 aliphatic heterocycles. The highest BCUT2D eigenvalue weighted by Gasteiger charge is 2.31. The number of nitrogens with zero attached hydrogens (tertiary/aromatic N) is 8. The van der Waals surface area contributed by atoms with Crippen LogP contribution < -0.4 is 25.8 Å². The van der Waals surface area contributed by atoms with Gasteiger partial charge in [0, 0.05) is 107 Å². The Kier molecular flexibility index (Phi) is 11.4. The number of hydrogen-bond acceptors (Lipinski definition) is 11. The van der Waals surface area contributed by atoms with E-state index in [1.807, 2.05) is 25.4 Å². The molecule has 0 spiro atoms. The van der Waals surface area contributed by atoms with Crippen molar-refractivity contribution in [2.45, 2.75) is 51.0 Å². The molecule has 1 unspecified atom stereocenters. The third-order valence-corrected chi connectivity index (χ3v) is 13.2. The van der Waals surface area contributed by atoms with E-state index in [2.05, 4.69) is 83.0 Å². The normalized spacial score (nSPS) is 19.1. The van der Waals surface area contributed by atoms with Crippen molar-refractivity contribution < 1.29 is 14.4 Å². The summed E-state index contributed by atoms with van der Waals surface area (Å²) in [5.41, 5.74) is 9.37. The smallest absolute Gasteiger partial charge is 0.271 e. The zero-order chi connectivity index (χ0) is 41.3. The summed E-state index contributed by atoms with van der Waals surface area (Å²) in [6.07, 6.45) is 8.82. The number of pyridine rings is 1. The summed E-state index contributed by atoms with van der Waals surface area (Å²) >= 11 is 6.54. The fourth-order valence-electron chi connectivity index (χ4n) is 9.40. The second kappa shape index (κ2) is 17.2. The van der Waals surface area contributed by atoms with Crippen molar-refractivity contribution in [3.63, 3.8) is 0 Å². The molecule has 5 aromatic rings. The fraction of sp³-hybridized carbons (Fsp3) is 0.422. The summed E-state index contributed by atoms with van der Waals surface area (Å²) in [4.78, 5) is 56.0. The van der Waals surface area contributed by atoms with Crippen molar-refractivity contribution in [3.8, 4) is 11.3 Å². The molecule has 60 heavy (non-hydrogen) atoms. The lowest BCUT2D eigenvalue weighted by atomic mass is 9.89. The summed E-state index contributed by atoms with van der Waals surface area (Å²) in [7, 11) is 3.45. The lowest BCUT2D eigenvalue weighted by molar-refractivity contribution is -0.134. The zero-order valence-corrected chi connectivity index (χ0v) is 35.0. The van der Waals surface area contributed by atoms with E-state index in [4.69, 9.17) is 21.7 Å². The first kappa shape index (κ1) is 39.9. The summed E-state index contributed by atoms with van der Waals surface area (Å²) in [5.74, 6) is 0.375. The second-order valence-electron chi connectivity index (χ2n) is 16.4. The standard InChI is InChI=1S/C45H52ClN11O3/c1-47-38-25-41(52-57-40(45(60)48-2)27-50-43(38)57)56-19-15-33-32(4-3-5-39(33)56)37-10-6-30(26-49-37)28-54-22-20-53(21-23-54)16-12-29-13-17-55(18-14-29)31-7-9-36(46)35(24-31)34-8-11-42(58)51-44(34)59/h3-7,9-10,24-27,29,34,47H,8,11-23,28H2,1-2H3,(H,48,60)(H,51,58,59). The highest BCUT2D eigenvalue weighted by molar-refractivity contribution is 6.31. The Morgan fingerprint density at radius 3 is 2.45 bits per heavy atom. The van der Waals surface area contributed by atoms with Crippen LogP contribution in [0.1, 0.15) is 65.2 Å². The van der Waals surface area contributed by atoms with Crippen molar-refractivity contribution in [1.29, 1.82) is 0 Å². The Labute approximate surface area is 355 Å². The molecule has 9 rings (SSSR count). The maximum absolute atomic E-state index is 12.6. The fourth-order valence-corrected chi connectivity index (χ4v) is 9.65. The average molecular weight is 830 g/mol. The molecule has 14 nitrogen and oxygen atoms in total. The van der Waals surface area contributed by atoms with Gasteiger partial charge in [0.05, 0.1) is 23.5 Å². The minimum atomic E-state index is -0.378. The van der Waals surface area contributed by atoms with Crippen LogP contribution in [0.3, 0.4) is 0 Å². The topological polar surface area (TPSA) is 143 Å². The molecule has 0 saturated carbocycles. The molecule has 0 bridgehead atoms. The van der Waals surface area contributed by atoms with Gasteiger partial charge in [-0.25, -0.2) is 9.50 Å². The number of benzene rings is 2. The van der Waals surface area contributed by atoms with Crippen LogP contribution in [-0.2, 0) is 22.6 Å². The Morgan fingerprint density at radius 1 is 0.883 bits per heavy atom. The van der Waals surface area contributed by atoms with Gasteiger partial charge in [-0.2, -0.15) is 0 Å². The van der Waals surface area contributed by atoms with Gasteiger partial charge in [0.15, 0.2) is 17.2 Å². The lowest BCUT2D eigenvalue weighted by Crippen LogP contribution is -2.46. The number of nitrogens with one attached hydrogen (secondary N) is 3. The van der Waals surface area contributed by atoms with Crippen LogP contribution in [0.5, 0.6) is 0 Å². The van der Waals surface area contributed by atoms with Gasteiger partial charge < -0.3 is 25.3 Å². The van der Waals surface area contributed by atoms with Crippen LogP contribution >= 0.6 is 11.6 Å². The van der Waals surface area contributed by atoms with E-state index in [1.54, 1.807) is 17.8 Å². The molecule has 312 valence electrons. The number of hydrogen-bond donors (Lipinski definition) is 3. The third kappa shape index (κ3) is 8.03. The van der Waals surface area contributed by atoms with Gasteiger partial charge in [0.2, 0.25) is 11.8 Å². The number of piperazine rings is 1. The Morgan fingerprint density at radius 2 is 1.70 bits per heavy atom. The molecule has 3 aromatic heterocycles. The van der Waals surface area contributed by atoms with Gasteiger partial charge in [-0.05, 0) is 91.6 Å². The maximum atomic E-state index is 12.6. The van der Waals surface area contributed by atoms with E-state index in [1.165, 1.54) is 17.5 Å². The van der Waals surface area contributed by atoms with Crippen LogP contribution in [0.15, 0.2) is 67.0 Å². The number of carbonyl (C=O) groups excluding carboxylic acids is 3. The lowest BCUT2D eigenvalue weighted by Gasteiger charge is -2.37. The van der Waals surface area contributed by atoms with Gasteiger partial charge in [-0.1, -0.05) is 29.8 Å². The van der Waals surface area contributed by atoms with E-state index >= 15 is 0 Å². The number of imide groups is 1. The molecule has 2 aromatic carbocycles. The van der Waals surface area contributed by atoms with Gasteiger partial charge in [-0.15, -0.1) is 5.10 Å². The summed E-state index contributed by atoms with van der Waals surface area (Å²) in [5, 5.41) is 13.8. The van der Waals surface area contributed by atoms with Crippen molar-refractivity contribution in [2.75, 3.05) is 81.6 Å². The number of piperidine rings is 2. The van der Waals surface area contributed by atoms with Crippen LogP contribution in [-0.4, -0.2) is 114 Å². The predicted octanol–water partition coefficient (Wildman–Crippen LogP) is 5.48. The SMILES string of the molecule is CNC(=O)c1cnc2c(NC)cc(N3CCc4c(-c5ccc(CN6CCN(CCC7CCN(c8ccc(Cl)c(C9CCC(=O)NC9=O)c8)CC7)CC6)cn5)cccc43)nn12. The minimum Gasteiger partial charge on any atom is -0.385 e. The molecular formula is C45H52ClN11O3. The first-order valence-corrected chi connectivity index (χ1v) is 21.6. The molecule has 3 N–H and O–H groups in total. The van der Waals surface area contributed by atoms with Crippen molar-refractivity contribution >= 4 is 57.8 Å². The monoisotopic (exact) mass is 829 g/mol. The first-order chi connectivity index (χ1) is 29.3. The van der Waals surface area contributed by atoms with Gasteiger partial charge in [0.1, 0.15) is 0 Å². The highest BCUT2D eigenvalue weighted by Crippen LogP contribution is 2.40. The quantitative estimate of drug-likeness (QED) is 0.146. The number of imidazole rings is 1. The molecule has 1 atom stereocenters. The van der Waals surface area contributed by atoms with Crippen LogP contribution in [0, 0.1) is 5.92 Å².